The van der Waals surface area contributed by atoms with Gasteiger partial charge < -0.3 is 9.32 Å². The largest absolute Gasteiger partial charge is 0.455 e. The Kier molecular flexibility index (Phi) is 6.84. The highest BCUT2D eigenvalue weighted by Gasteiger charge is 2.22. The number of furan rings is 1. The molecule has 0 amide bonds. The van der Waals surface area contributed by atoms with Crippen LogP contribution in [0.5, 0.6) is 0 Å². The summed E-state index contributed by atoms with van der Waals surface area (Å²) in [5.74, 6) is 0. The maximum absolute atomic E-state index is 6.75. The van der Waals surface area contributed by atoms with Crippen LogP contribution in [0.15, 0.2) is 192 Å². The fourth-order valence-electron chi connectivity index (χ4n) is 6.87. The van der Waals surface area contributed by atoms with Crippen LogP contribution in [-0.4, -0.2) is 0 Å². The van der Waals surface area contributed by atoms with E-state index in [0.717, 1.165) is 49.8 Å². The van der Waals surface area contributed by atoms with Crippen molar-refractivity contribution in [3.63, 3.8) is 0 Å². The minimum absolute atomic E-state index is 0.880. The van der Waals surface area contributed by atoms with Gasteiger partial charge in [0.15, 0.2) is 0 Å². The first kappa shape index (κ1) is 27.9. The maximum Gasteiger partial charge on any atom is 0.145 e. The predicted molar refractivity (Wildman–Crippen MR) is 202 cm³/mol. The number of hydrogen-bond acceptors (Lipinski definition) is 2. The van der Waals surface area contributed by atoms with Gasteiger partial charge in [0.2, 0.25) is 0 Å². The summed E-state index contributed by atoms with van der Waals surface area (Å²) in [6, 6.07) is 66.8. The number of nitrogens with zero attached hydrogens (tertiary/aromatic N) is 1. The molecule has 48 heavy (non-hydrogen) atoms. The van der Waals surface area contributed by atoms with Crippen molar-refractivity contribution in [1.29, 1.82) is 0 Å². The summed E-state index contributed by atoms with van der Waals surface area (Å²) in [6.07, 6.45) is 0. The van der Waals surface area contributed by atoms with Crippen molar-refractivity contribution in [1.82, 2.24) is 0 Å². The number of benzene rings is 8. The summed E-state index contributed by atoms with van der Waals surface area (Å²) in [4.78, 5) is 2.37. The highest BCUT2D eigenvalue weighted by Crippen LogP contribution is 2.47. The van der Waals surface area contributed by atoms with Crippen LogP contribution in [0.3, 0.4) is 0 Å². The fraction of sp³-hybridized carbons (Fsp3) is 0. The Morgan fingerprint density at radius 1 is 0.354 bits per heavy atom. The van der Waals surface area contributed by atoms with Crippen molar-refractivity contribution in [3.05, 3.63) is 188 Å². The van der Waals surface area contributed by atoms with Crippen molar-refractivity contribution < 1.29 is 4.42 Å². The van der Waals surface area contributed by atoms with Crippen LogP contribution in [-0.2, 0) is 0 Å². The quantitative estimate of drug-likeness (QED) is 0.185. The van der Waals surface area contributed by atoms with Crippen molar-refractivity contribution in [2.75, 3.05) is 4.90 Å². The molecule has 1 aromatic heterocycles. The minimum atomic E-state index is 0.880. The average Bonchev–Trinajstić information content (AvgIpc) is 3.57. The Bertz CT molecular complexity index is 2430. The Morgan fingerprint density at radius 3 is 1.38 bits per heavy atom. The standard InChI is InChI=1S/C46H31NO/c1-4-12-32(13-5-1)35-22-26-39(27-23-35)47(40-28-24-36(25-29-40)33-14-6-2-7-15-33)43-31-38-21-20-37(34-16-8-3-9-17-34)30-42(38)46-45(43)41-18-10-11-19-44(41)48-46/h1-31H. The molecule has 2 heteroatoms. The van der Waals surface area contributed by atoms with E-state index in [0.29, 0.717) is 0 Å². The molecule has 9 rings (SSSR count). The van der Waals surface area contributed by atoms with E-state index < -0.39 is 0 Å². The fourth-order valence-corrected chi connectivity index (χ4v) is 6.87. The molecule has 0 saturated heterocycles. The second-order valence-corrected chi connectivity index (χ2v) is 12.2. The molecule has 0 spiro atoms. The normalized spacial score (nSPS) is 11.3. The molecule has 0 atom stereocenters. The van der Waals surface area contributed by atoms with Crippen LogP contribution in [0.2, 0.25) is 0 Å². The summed E-state index contributed by atoms with van der Waals surface area (Å²) in [6.45, 7) is 0. The average molecular weight is 614 g/mol. The Hall–Kier alpha value is -6.38. The summed E-state index contributed by atoms with van der Waals surface area (Å²) < 4.78 is 6.75. The lowest BCUT2D eigenvalue weighted by atomic mass is 9.97. The van der Waals surface area contributed by atoms with Crippen molar-refractivity contribution in [2.45, 2.75) is 0 Å². The Morgan fingerprint density at radius 2 is 0.812 bits per heavy atom. The minimum Gasteiger partial charge on any atom is -0.455 e. The lowest BCUT2D eigenvalue weighted by Gasteiger charge is -2.27. The van der Waals surface area contributed by atoms with Crippen LogP contribution in [0.1, 0.15) is 0 Å². The first-order chi connectivity index (χ1) is 23.8. The zero-order valence-corrected chi connectivity index (χ0v) is 26.3. The maximum atomic E-state index is 6.75. The number of hydrogen-bond donors (Lipinski definition) is 0. The van der Waals surface area contributed by atoms with E-state index in [2.05, 4.69) is 187 Å². The van der Waals surface area contributed by atoms with E-state index in [-0.39, 0.29) is 0 Å². The molecule has 0 fully saturated rings. The van der Waals surface area contributed by atoms with E-state index in [1.165, 1.54) is 33.4 Å². The van der Waals surface area contributed by atoms with Gasteiger partial charge in [0, 0.05) is 22.1 Å². The Balaban J connectivity index is 1.28. The smallest absolute Gasteiger partial charge is 0.145 e. The van der Waals surface area contributed by atoms with Gasteiger partial charge >= 0.3 is 0 Å². The third kappa shape index (κ3) is 4.92. The summed E-state index contributed by atoms with van der Waals surface area (Å²) >= 11 is 0. The lowest BCUT2D eigenvalue weighted by molar-refractivity contribution is 0.672. The van der Waals surface area contributed by atoms with Crippen molar-refractivity contribution in [2.24, 2.45) is 0 Å². The Labute approximate surface area is 279 Å². The molecule has 0 unspecified atom stereocenters. The SMILES string of the molecule is c1ccc(-c2ccc(N(c3ccc(-c4ccccc4)cc3)c3cc4ccc(-c5ccccc5)cc4c4oc5ccccc5c34)cc2)cc1. The summed E-state index contributed by atoms with van der Waals surface area (Å²) in [5.41, 5.74) is 12.1. The molecule has 0 radical (unpaired) electrons. The highest BCUT2D eigenvalue weighted by molar-refractivity contribution is 6.22. The van der Waals surface area contributed by atoms with Gasteiger partial charge in [-0.1, -0.05) is 146 Å². The van der Waals surface area contributed by atoms with Gasteiger partial charge in [-0.15, -0.1) is 0 Å². The number of fused-ring (bicyclic) bond motifs is 5. The molecule has 0 aliphatic rings. The van der Waals surface area contributed by atoms with Crippen LogP contribution in [0.4, 0.5) is 17.1 Å². The summed E-state index contributed by atoms with van der Waals surface area (Å²) in [7, 11) is 0. The van der Waals surface area contributed by atoms with Gasteiger partial charge in [-0.05, 0) is 81.2 Å². The molecule has 0 bridgehead atoms. The number of anilines is 3. The molecule has 2 nitrogen and oxygen atoms in total. The molecule has 226 valence electrons. The third-order valence-electron chi connectivity index (χ3n) is 9.26. The topological polar surface area (TPSA) is 16.4 Å². The molecular weight excluding hydrogens is 583 g/mol. The van der Waals surface area contributed by atoms with Gasteiger partial charge in [-0.25, -0.2) is 0 Å². The molecule has 0 aliphatic carbocycles. The molecule has 9 aromatic rings. The van der Waals surface area contributed by atoms with E-state index in [4.69, 9.17) is 4.42 Å². The molecule has 0 saturated carbocycles. The number of para-hydroxylation sites is 1. The van der Waals surface area contributed by atoms with Crippen LogP contribution < -0.4 is 4.90 Å². The highest BCUT2D eigenvalue weighted by atomic mass is 16.3. The van der Waals surface area contributed by atoms with Crippen LogP contribution >= 0.6 is 0 Å². The monoisotopic (exact) mass is 613 g/mol. The second-order valence-electron chi connectivity index (χ2n) is 12.2. The number of rotatable bonds is 6. The lowest BCUT2D eigenvalue weighted by Crippen LogP contribution is -2.10. The van der Waals surface area contributed by atoms with Gasteiger partial charge in [0.25, 0.3) is 0 Å². The first-order valence-corrected chi connectivity index (χ1v) is 16.3. The molecule has 0 N–H and O–H groups in total. The second kappa shape index (κ2) is 11.8. The van der Waals surface area contributed by atoms with E-state index in [1.807, 2.05) is 6.07 Å². The van der Waals surface area contributed by atoms with Crippen molar-refractivity contribution in [3.8, 4) is 33.4 Å². The summed E-state index contributed by atoms with van der Waals surface area (Å²) in [5, 5.41) is 4.43. The third-order valence-corrected chi connectivity index (χ3v) is 9.26. The molecular formula is C46H31NO. The molecule has 1 heterocycles. The van der Waals surface area contributed by atoms with Crippen LogP contribution in [0.25, 0.3) is 66.1 Å². The van der Waals surface area contributed by atoms with Crippen molar-refractivity contribution >= 4 is 49.8 Å². The van der Waals surface area contributed by atoms with E-state index in [9.17, 15) is 0 Å². The molecule has 0 aliphatic heterocycles. The zero-order valence-electron chi connectivity index (χ0n) is 26.3. The van der Waals surface area contributed by atoms with Gasteiger partial charge in [-0.3, -0.25) is 0 Å². The molecule has 8 aromatic carbocycles. The van der Waals surface area contributed by atoms with E-state index >= 15 is 0 Å². The van der Waals surface area contributed by atoms with Crippen LogP contribution in [0, 0.1) is 0 Å². The van der Waals surface area contributed by atoms with Gasteiger partial charge in [0.1, 0.15) is 11.2 Å². The first-order valence-electron chi connectivity index (χ1n) is 16.3. The predicted octanol–water partition coefficient (Wildman–Crippen LogP) is 13.2. The van der Waals surface area contributed by atoms with Gasteiger partial charge in [-0.2, -0.15) is 0 Å². The zero-order chi connectivity index (χ0) is 31.9. The van der Waals surface area contributed by atoms with Gasteiger partial charge in [0.05, 0.1) is 11.1 Å². The van der Waals surface area contributed by atoms with E-state index in [1.54, 1.807) is 0 Å².